The normalized spacial score (nSPS) is 13.5. The van der Waals surface area contributed by atoms with Crippen LogP contribution in [-0.4, -0.2) is 42.7 Å². The molecule has 2 aromatic carbocycles. The van der Waals surface area contributed by atoms with Gasteiger partial charge in [-0.2, -0.15) is 0 Å². The molecular weight excluding hydrogens is 515 g/mol. The average Bonchev–Trinajstić information content (AvgIpc) is 3.26. The number of aromatic nitrogens is 4. The van der Waals surface area contributed by atoms with Crippen molar-refractivity contribution in [3.8, 4) is 16.9 Å². The van der Waals surface area contributed by atoms with E-state index < -0.39 is 5.60 Å². The van der Waals surface area contributed by atoms with Crippen LogP contribution in [0.1, 0.15) is 32.3 Å². The van der Waals surface area contributed by atoms with Crippen LogP contribution in [0, 0.1) is 0 Å². The number of imidazole rings is 1. The van der Waals surface area contributed by atoms with Crippen LogP contribution in [0.25, 0.3) is 22.0 Å². The zero-order valence-electron chi connectivity index (χ0n) is 20.7. The molecule has 37 heavy (non-hydrogen) atoms. The van der Waals surface area contributed by atoms with E-state index in [1.807, 2.05) is 55.8 Å². The standard InChI is InChI=1S/C26H26Cl2N6O3/c1-26(2,3)37-25(35)34-10-9-33-11-15(32-20(33)12-34)13-36-19-8-7-17(16-5-4-6-18(27)22(16)28)23-21(19)24(29)31-14-30-23/h4-8,11,14H,9-10,12-13H2,1-3H3,(H2,29,30,31). The number of nitrogens with zero attached hydrogens (tertiary/aromatic N) is 5. The molecule has 11 heteroatoms. The Hall–Kier alpha value is -3.56. The van der Waals surface area contributed by atoms with E-state index in [0.717, 1.165) is 22.6 Å². The SMILES string of the molecule is CC(C)(C)OC(=O)N1CCn2cc(COc3ccc(-c4cccc(Cl)c4Cl)c4ncnc(N)c34)nc2C1. The number of carbonyl (C=O) groups excluding carboxylic acids is 1. The summed E-state index contributed by atoms with van der Waals surface area (Å²) in [6.45, 7) is 7.29. The van der Waals surface area contributed by atoms with Crippen LogP contribution in [0.4, 0.5) is 10.6 Å². The summed E-state index contributed by atoms with van der Waals surface area (Å²) in [5, 5.41) is 1.46. The highest BCUT2D eigenvalue weighted by Gasteiger charge is 2.27. The van der Waals surface area contributed by atoms with Crippen molar-refractivity contribution in [3.05, 3.63) is 64.4 Å². The van der Waals surface area contributed by atoms with E-state index in [1.165, 1.54) is 6.33 Å². The summed E-state index contributed by atoms with van der Waals surface area (Å²) in [6.07, 6.45) is 2.99. The quantitative estimate of drug-likeness (QED) is 0.353. The van der Waals surface area contributed by atoms with Gasteiger partial charge in [-0.3, -0.25) is 4.90 Å². The van der Waals surface area contributed by atoms with Crippen molar-refractivity contribution >= 4 is 46.0 Å². The minimum Gasteiger partial charge on any atom is -0.486 e. The number of hydrogen-bond acceptors (Lipinski definition) is 7. The van der Waals surface area contributed by atoms with E-state index in [2.05, 4.69) is 15.0 Å². The first-order chi connectivity index (χ1) is 17.6. The fraction of sp³-hybridized carbons (Fsp3) is 0.308. The Kier molecular flexibility index (Phi) is 6.59. The first kappa shape index (κ1) is 25.1. The fourth-order valence-electron chi connectivity index (χ4n) is 4.23. The molecule has 0 unspecified atom stereocenters. The van der Waals surface area contributed by atoms with E-state index in [-0.39, 0.29) is 18.5 Å². The monoisotopic (exact) mass is 540 g/mol. The van der Waals surface area contributed by atoms with E-state index >= 15 is 0 Å². The summed E-state index contributed by atoms with van der Waals surface area (Å²) in [4.78, 5) is 27.4. The average molecular weight is 541 g/mol. The van der Waals surface area contributed by atoms with E-state index in [1.54, 1.807) is 11.0 Å². The molecule has 0 saturated carbocycles. The van der Waals surface area contributed by atoms with Crippen LogP contribution in [0.3, 0.4) is 0 Å². The maximum atomic E-state index is 12.5. The second kappa shape index (κ2) is 9.72. The van der Waals surface area contributed by atoms with Gasteiger partial charge in [-0.1, -0.05) is 35.3 Å². The largest absolute Gasteiger partial charge is 0.486 e. The van der Waals surface area contributed by atoms with E-state index in [9.17, 15) is 4.79 Å². The van der Waals surface area contributed by atoms with E-state index in [0.29, 0.717) is 46.3 Å². The lowest BCUT2D eigenvalue weighted by Crippen LogP contribution is -2.41. The van der Waals surface area contributed by atoms with Gasteiger partial charge in [0.05, 0.1) is 33.2 Å². The van der Waals surface area contributed by atoms with Gasteiger partial charge >= 0.3 is 6.09 Å². The van der Waals surface area contributed by atoms with Crippen molar-refractivity contribution in [1.29, 1.82) is 0 Å². The number of amides is 1. The Balaban J connectivity index is 1.38. The van der Waals surface area contributed by atoms with Crippen molar-refractivity contribution in [2.75, 3.05) is 12.3 Å². The van der Waals surface area contributed by atoms with Crippen LogP contribution >= 0.6 is 23.2 Å². The van der Waals surface area contributed by atoms with Crippen LogP contribution in [0.15, 0.2) is 42.9 Å². The third-order valence-electron chi connectivity index (χ3n) is 5.90. The van der Waals surface area contributed by atoms with Crippen molar-refractivity contribution in [3.63, 3.8) is 0 Å². The number of hydrogen-bond donors (Lipinski definition) is 1. The molecular formula is C26H26Cl2N6O3. The van der Waals surface area contributed by atoms with Crippen molar-refractivity contribution in [2.24, 2.45) is 0 Å². The lowest BCUT2D eigenvalue weighted by Gasteiger charge is -2.30. The van der Waals surface area contributed by atoms with Gasteiger partial charge in [0.15, 0.2) is 0 Å². The van der Waals surface area contributed by atoms with Gasteiger partial charge in [-0.25, -0.2) is 19.7 Å². The molecule has 3 heterocycles. The smallest absolute Gasteiger partial charge is 0.410 e. The lowest BCUT2D eigenvalue weighted by atomic mass is 10.0. The van der Waals surface area contributed by atoms with Crippen molar-refractivity contribution < 1.29 is 14.3 Å². The number of nitrogens with two attached hydrogens (primary N) is 1. The number of rotatable bonds is 4. The Bertz CT molecular complexity index is 1500. The van der Waals surface area contributed by atoms with Gasteiger partial charge in [-0.15, -0.1) is 0 Å². The number of halogens is 2. The summed E-state index contributed by atoms with van der Waals surface area (Å²) in [5.74, 6) is 1.59. The van der Waals surface area contributed by atoms with Gasteiger partial charge in [-0.05, 0) is 39.0 Å². The molecule has 0 saturated heterocycles. The number of carbonyl (C=O) groups is 1. The molecule has 4 aromatic rings. The van der Waals surface area contributed by atoms with Crippen LogP contribution in [0.5, 0.6) is 5.75 Å². The minimum atomic E-state index is -0.551. The molecule has 2 N–H and O–H groups in total. The van der Waals surface area contributed by atoms with Gasteiger partial charge in [0.25, 0.3) is 0 Å². The molecule has 0 spiro atoms. The van der Waals surface area contributed by atoms with Crippen LogP contribution < -0.4 is 10.5 Å². The molecule has 0 aliphatic carbocycles. The predicted octanol–water partition coefficient (Wildman–Crippen LogP) is 5.71. The summed E-state index contributed by atoms with van der Waals surface area (Å²) < 4.78 is 13.7. The van der Waals surface area contributed by atoms with Crippen LogP contribution in [0.2, 0.25) is 10.0 Å². The second-order valence-corrected chi connectivity index (χ2v) is 10.5. The molecule has 0 atom stereocenters. The van der Waals surface area contributed by atoms with E-state index in [4.69, 9.17) is 38.4 Å². The maximum Gasteiger partial charge on any atom is 0.410 e. The molecule has 1 aliphatic rings. The molecule has 1 aliphatic heterocycles. The summed E-state index contributed by atoms with van der Waals surface area (Å²) in [6, 6.07) is 9.12. The third-order valence-corrected chi connectivity index (χ3v) is 6.72. The zero-order chi connectivity index (χ0) is 26.3. The molecule has 0 radical (unpaired) electrons. The molecule has 0 bridgehead atoms. The molecule has 0 fully saturated rings. The predicted molar refractivity (Wildman–Crippen MR) is 143 cm³/mol. The van der Waals surface area contributed by atoms with Crippen molar-refractivity contribution in [1.82, 2.24) is 24.4 Å². The minimum absolute atomic E-state index is 0.202. The number of ether oxygens (including phenoxy) is 2. The molecule has 2 aromatic heterocycles. The van der Waals surface area contributed by atoms with Crippen molar-refractivity contribution in [2.45, 2.75) is 46.1 Å². The third kappa shape index (κ3) is 5.14. The Morgan fingerprint density at radius 3 is 2.70 bits per heavy atom. The summed E-state index contributed by atoms with van der Waals surface area (Å²) >= 11 is 12.7. The van der Waals surface area contributed by atoms with Gasteiger partial charge in [0.2, 0.25) is 0 Å². The number of fused-ring (bicyclic) bond motifs is 2. The van der Waals surface area contributed by atoms with Gasteiger partial charge in [0.1, 0.15) is 35.9 Å². The summed E-state index contributed by atoms with van der Waals surface area (Å²) in [5.41, 5.74) is 8.53. The fourth-order valence-corrected chi connectivity index (χ4v) is 4.63. The number of benzene rings is 2. The van der Waals surface area contributed by atoms with Gasteiger partial charge < -0.3 is 19.8 Å². The first-order valence-electron chi connectivity index (χ1n) is 11.7. The molecule has 5 rings (SSSR count). The highest BCUT2D eigenvalue weighted by Crippen LogP contribution is 2.40. The summed E-state index contributed by atoms with van der Waals surface area (Å²) in [7, 11) is 0. The molecule has 9 nitrogen and oxygen atoms in total. The number of nitrogen functional groups attached to an aromatic ring is 1. The maximum absolute atomic E-state index is 12.5. The first-order valence-corrected chi connectivity index (χ1v) is 12.5. The molecule has 1 amide bonds. The van der Waals surface area contributed by atoms with Crippen LogP contribution in [-0.2, 0) is 24.4 Å². The zero-order valence-corrected chi connectivity index (χ0v) is 22.2. The Morgan fingerprint density at radius 1 is 1.11 bits per heavy atom. The topological polar surface area (TPSA) is 108 Å². The highest BCUT2D eigenvalue weighted by atomic mass is 35.5. The Morgan fingerprint density at radius 2 is 1.92 bits per heavy atom. The number of anilines is 1. The lowest BCUT2D eigenvalue weighted by molar-refractivity contribution is 0.0195. The second-order valence-electron chi connectivity index (χ2n) is 9.73. The van der Waals surface area contributed by atoms with Gasteiger partial charge in [0, 0.05) is 30.4 Å². The highest BCUT2D eigenvalue weighted by molar-refractivity contribution is 6.44. The molecule has 192 valence electrons. The Labute approximate surface area is 224 Å².